The van der Waals surface area contributed by atoms with Crippen LogP contribution in [0.25, 0.3) is 10.6 Å². The number of aromatic nitrogens is 1. The van der Waals surface area contributed by atoms with Crippen molar-refractivity contribution in [3.05, 3.63) is 112 Å². The summed E-state index contributed by atoms with van der Waals surface area (Å²) in [5.74, 6) is -2.18. The zero-order chi connectivity index (χ0) is 35.4. The van der Waals surface area contributed by atoms with Crippen molar-refractivity contribution < 1.29 is 32.2 Å². The van der Waals surface area contributed by atoms with Crippen LogP contribution >= 0.6 is 11.3 Å². The molecule has 2 aliphatic rings. The van der Waals surface area contributed by atoms with E-state index < -0.39 is 47.4 Å². The quantitative estimate of drug-likeness (QED) is 0.166. The molecule has 7 nitrogen and oxygen atoms in total. The number of benzene rings is 3. The van der Waals surface area contributed by atoms with Crippen molar-refractivity contribution in [2.75, 3.05) is 26.2 Å². The van der Waals surface area contributed by atoms with E-state index in [1.165, 1.54) is 16.2 Å². The van der Waals surface area contributed by atoms with Gasteiger partial charge in [-0.15, -0.1) is 11.3 Å². The van der Waals surface area contributed by atoms with Crippen molar-refractivity contribution in [2.45, 2.75) is 65.0 Å². The fourth-order valence-corrected chi connectivity index (χ4v) is 7.93. The second-order valence-electron chi connectivity index (χ2n) is 14.1. The first kappa shape index (κ1) is 35.6. The minimum Gasteiger partial charge on any atom is -0.445 e. The van der Waals surface area contributed by atoms with E-state index in [1.54, 1.807) is 4.90 Å². The van der Waals surface area contributed by atoms with E-state index in [-0.39, 0.29) is 37.7 Å². The van der Waals surface area contributed by atoms with Crippen LogP contribution in [0.5, 0.6) is 0 Å². The fourth-order valence-electron chi connectivity index (χ4n) is 6.78. The van der Waals surface area contributed by atoms with Crippen LogP contribution in [0.4, 0.5) is 18.0 Å². The van der Waals surface area contributed by atoms with Crippen molar-refractivity contribution in [3.8, 4) is 10.6 Å². The Morgan fingerprint density at radius 3 is 2.38 bits per heavy atom. The van der Waals surface area contributed by atoms with Crippen molar-refractivity contribution in [1.29, 1.82) is 0 Å². The molecule has 0 spiro atoms. The number of ether oxygens (including phenoxy) is 2. The molecule has 50 heavy (non-hydrogen) atoms. The number of nitrogens with zero attached hydrogens (tertiary/aromatic N) is 3. The molecule has 0 bridgehead atoms. The predicted molar refractivity (Wildman–Crippen MR) is 186 cm³/mol. The van der Waals surface area contributed by atoms with Crippen LogP contribution in [0.15, 0.2) is 78.9 Å². The molecule has 2 amide bonds. The summed E-state index contributed by atoms with van der Waals surface area (Å²) in [5, 5.41) is 0.290. The van der Waals surface area contributed by atoms with Crippen LogP contribution in [0.1, 0.15) is 61.4 Å². The Bertz CT molecular complexity index is 1780. The molecule has 11 heteroatoms. The maximum Gasteiger partial charge on any atom is 0.410 e. The molecular weight excluding hydrogens is 664 g/mol. The summed E-state index contributed by atoms with van der Waals surface area (Å²) >= 11 is 1.26. The van der Waals surface area contributed by atoms with Gasteiger partial charge in [0.05, 0.1) is 18.3 Å². The lowest BCUT2D eigenvalue weighted by atomic mass is 9.81. The average molecular weight is 706 g/mol. The summed E-state index contributed by atoms with van der Waals surface area (Å²) in [5.41, 5.74) is 1.75. The zero-order valence-corrected chi connectivity index (χ0v) is 29.3. The van der Waals surface area contributed by atoms with Gasteiger partial charge in [0.2, 0.25) is 0 Å². The fraction of sp³-hybridized carbons (Fsp3) is 0.410. The molecule has 0 saturated carbocycles. The highest BCUT2D eigenvalue weighted by atomic mass is 32.1. The number of hydrogen-bond donors (Lipinski definition) is 0. The van der Waals surface area contributed by atoms with E-state index in [0.717, 1.165) is 40.6 Å². The van der Waals surface area contributed by atoms with Crippen LogP contribution in [-0.4, -0.2) is 65.3 Å². The van der Waals surface area contributed by atoms with Crippen molar-refractivity contribution in [3.63, 3.8) is 0 Å². The second-order valence-corrected chi connectivity index (χ2v) is 15.2. The van der Waals surface area contributed by atoms with Gasteiger partial charge >= 0.3 is 6.09 Å². The molecule has 2 fully saturated rings. The number of thiazole rings is 1. The lowest BCUT2D eigenvalue weighted by molar-refractivity contribution is -0.147. The molecule has 264 valence electrons. The third-order valence-electron chi connectivity index (χ3n) is 9.23. The van der Waals surface area contributed by atoms with Crippen LogP contribution in [-0.2, 0) is 27.3 Å². The molecule has 1 aromatic heterocycles. The normalized spacial score (nSPS) is 19.8. The molecular formula is C39H42F3N3O4S. The Morgan fingerprint density at radius 1 is 1.02 bits per heavy atom. The molecule has 6 rings (SSSR count). The highest BCUT2D eigenvalue weighted by molar-refractivity contribution is 7.15. The molecule has 4 aromatic rings. The Labute approximate surface area is 295 Å². The highest BCUT2D eigenvalue weighted by Crippen LogP contribution is 2.45. The molecule has 1 unspecified atom stereocenters. The number of hydrogen-bond acceptors (Lipinski definition) is 6. The molecule has 3 aromatic carbocycles. The number of rotatable bonds is 10. The van der Waals surface area contributed by atoms with Gasteiger partial charge in [-0.3, -0.25) is 4.79 Å². The first-order valence-corrected chi connectivity index (χ1v) is 17.8. The molecule has 0 aliphatic carbocycles. The molecule has 2 saturated heterocycles. The Morgan fingerprint density at radius 2 is 1.72 bits per heavy atom. The molecule has 4 atom stereocenters. The molecule has 3 heterocycles. The number of carbonyl (C=O) groups excluding carboxylic acids is 2. The SMILES string of the molecule is CC(C)(C)[C@H](c1nc(-c2cc(F)ccc2F)sc1Cc1ccccc1)N(C[C@@H]1CN(C(=O)OCc2ccccc2)C[C@@H]1F)C(=O)C1CCCO1. The van der Waals surface area contributed by atoms with Crippen LogP contribution in [0, 0.1) is 23.0 Å². The van der Waals surface area contributed by atoms with Gasteiger partial charge in [-0.2, -0.15) is 0 Å². The maximum atomic E-state index is 15.9. The Balaban J connectivity index is 1.36. The first-order chi connectivity index (χ1) is 24.0. The Kier molecular flexibility index (Phi) is 10.9. The molecule has 0 N–H and O–H groups in total. The summed E-state index contributed by atoms with van der Waals surface area (Å²) in [6.07, 6.45) is -1.04. The van der Waals surface area contributed by atoms with E-state index in [0.29, 0.717) is 30.2 Å². The van der Waals surface area contributed by atoms with Crippen LogP contribution in [0.3, 0.4) is 0 Å². The summed E-state index contributed by atoms with van der Waals surface area (Å²) in [7, 11) is 0. The first-order valence-electron chi connectivity index (χ1n) is 17.0. The Hall–Kier alpha value is -4.22. The summed E-state index contributed by atoms with van der Waals surface area (Å²) in [6, 6.07) is 21.6. The number of carbonyl (C=O) groups is 2. The number of halogens is 3. The van der Waals surface area contributed by atoms with Crippen LogP contribution < -0.4 is 0 Å². The third-order valence-corrected chi connectivity index (χ3v) is 10.3. The second kappa shape index (κ2) is 15.3. The number of amides is 2. The van der Waals surface area contributed by atoms with Crippen molar-refractivity contribution in [2.24, 2.45) is 11.3 Å². The minimum absolute atomic E-state index is 0.00374. The van der Waals surface area contributed by atoms with Gasteiger partial charge in [-0.1, -0.05) is 81.4 Å². The summed E-state index contributed by atoms with van der Waals surface area (Å²) in [4.78, 5) is 36.3. The monoisotopic (exact) mass is 705 g/mol. The van der Waals surface area contributed by atoms with E-state index in [9.17, 15) is 14.0 Å². The summed E-state index contributed by atoms with van der Waals surface area (Å²) in [6.45, 7) is 6.36. The lowest BCUT2D eigenvalue weighted by Crippen LogP contribution is -2.49. The third kappa shape index (κ3) is 8.21. The van der Waals surface area contributed by atoms with Crippen LogP contribution in [0.2, 0.25) is 0 Å². The number of alkyl halides is 1. The van der Waals surface area contributed by atoms with E-state index in [4.69, 9.17) is 14.5 Å². The highest BCUT2D eigenvalue weighted by Gasteiger charge is 2.45. The van der Waals surface area contributed by atoms with Gasteiger partial charge in [0.15, 0.2) is 0 Å². The molecule has 2 aliphatic heterocycles. The smallest absolute Gasteiger partial charge is 0.410 e. The average Bonchev–Trinajstić information content (AvgIpc) is 3.86. The van der Waals surface area contributed by atoms with Gasteiger partial charge < -0.3 is 19.3 Å². The van der Waals surface area contributed by atoms with Gasteiger partial charge in [-0.05, 0) is 47.6 Å². The standard InChI is InChI=1S/C39H42F3N3O4S/c1-39(2,3)35(34-33(19-25-11-6-4-7-12-25)50-36(43-34)29-20-28(40)16-17-30(29)41)45(37(46)32-15-10-18-48-32)22-27-21-44(23-31(27)42)38(47)49-24-26-13-8-5-9-14-26/h4-9,11-14,16-17,20,27,31-32,35H,10,15,18-19,21-24H2,1-3H3/t27-,31-,32?,35-/m0/s1. The lowest BCUT2D eigenvalue weighted by Gasteiger charge is -2.42. The van der Waals surface area contributed by atoms with Crippen molar-refractivity contribution >= 4 is 23.3 Å². The predicted octanol–water partition coefficient (Wildman–Crippen LogP) is 8.38. The van der Waals surface area contributed by atoms with E-state index in [1.807, 2.05) is 81.4 Å². The summed E-state index contributed by atoms with van der Waals surface area (Å²) < 4.78 is 56.8. The van der Waals surface area contributed by atoms with Gasteiger partial charge in [0.1, 0.15) is 35.5 Å². The zero-order valence-electron chi connectivity index (χ0n) is 28.5. The minimum atomic E-state index is -1.41. The topological polar surface area (TPSA) is 72.0 Å². The molecule has 0 radical (unpaired) electrons. The largest absolute Gasteiger partial charge is 0.445 e. The van der Waals surface area contributed by atoms with Gasteiger partial charge in [-0.25, -0.2) is 22.9 Å². The van der Waals surface area contributed by atoms with Crippen molar-refractivity contribution in [1.82, 2.24) is 14.8 Å². The van der Waals surface area contributed by atoms with E-state index in [2.05, 4.69) is 0 Å². The maximum absolute atomic E-state index is 15.9. The van der Waals surface area contributed by atoms with Gasteiger partial charge in [0, 0.05) is 42.5 Å². The van der Waals surface area contributed by atoms with Gasteiger partial charge in [0.25, 0.3) is 5.91 Å². The number of likely N-dealkylation sites (tertiary alicyclic amines) is 1. The van der Waals surface area contributed by atoms with E-state index >= 15 is 8.78 Å².